The van der Waals surface area contributed by atoms with Gasteiger partial charge in [-0.05, 0) is 11.6 Å². The molecule has 0 fully saturated rings. The van der Waals surface area contributed by atoms with Crippen LogP contribution < -0.4 is 5.32 Å². The number of benzene rings is 1. The fourth-order valence-corrected chi connectivity index (χ4v) is 1.74. The molecule has 2 rings (SSSR count). The molecular formula is C12H14FN5O2. The number of hydrogen-bond donors (Lipinski definition) is 1. The van der Waals surface area contributed by atoms with E-state index < -0.39 is 16.4 Å². The summed E-state index contributed by atoms with van der Waals surface area (Å²) < 4.78 is 15.0. The van der Waals surface area contributed by atoms with E-state index in [1.165, 1.54) is 18.2 Å². The summed E-state index contributed by atoms with van der Waals surface area (Å²) in [6.07, 6.45) is 2.29. The monoisotopic (exact) mass is 279 g/mol. The number of halogens is 1. The average Bonchev–Trinajstić information content (AvgIpc) is 2.80. The van der Waals surface area contributed by atoms with Gasteiger partial charge in [0, 0.05) is 32.6 Å². The Morgan fingerprint density at radius 1 is 1.50 bits per heavy atom. The predicted octanol–water partition coefficient (Wildman–Crippen LogP) is 1.19. The van der Waals surface area contributed by atoms with Crippen LogP contribution in [-0.2, 0) is 20.0 Å². The molecule has 1 aromatic heterocycles. The molecule has 20 heavy (non-hydrogen) atoms. The molecule has 1 heterocycles. The van der Waals surface area contributed by atoms with Gasteiger partial charge in [0.05, 0.1) is 4.92 Å². The molecule has 0 saturated heterocycles. The van der Waals surface area contributed by atoms with Crippen molar-refractivity contribution in [3.63, 3.8) is 0 Å². The lowest BCUT2D eigenvalue weighted by molar-refractivity contribution is -0.387. The van der Waals surface area contributed by atoms with Crippen LogP contribution in [0.3, 0.4) is 0 Å². The van der Waals surface area contributed by atoms with Crippen LogP contribution >= 0.6 is 0 Å². The summed E-state index contributed by atoms with van der Waals surface area (Å²) >= 11 is 0. The fraction of sp³-hybridized carbons (Fsp3) is 0.333. The summed E-state index contributed by atoms with van der Waals surface area (Å²) in [6.45, 7) is 1.07. The van der Waals surface area contributed by atoms with Gasteiger partial charge in [-0.2, -0.15) is 9.49 Å². The highest BCUT2D eigenvalue weighted by molar-refractivity contribution is 5.34. The van der Waals surface area contributed by atoms with E-state index in [9.17, 15) is 14.5 Å². The molecule has 0 bridgehead atoms. The molecule has 7 nitrogen and oxygen atoms in total. The number of aryl methyl sites for hydroxylation is 1. The minimum atomic E-state index is -0.819. The molecular weight excluding hydrogens is 265 g/mol. The maximum absolute atomic E-state index is 13.4. The second kappa shape index (κ2) is 6.20. The van der Waals surface area contributed by atoms with E-state index in [1.807, 2.05) is 0 Å². The van der Waals surface area contributed by atoms with Crippen LogP contribution in [0.4, 0.5) is 10.1 Å². The quantitative estimate of drug-likeness (QED) is 0.487. The van der Waals surface area contributed by atoms with E-state index in [-0.39, 0.29) is 0 Å². The number of nitro benzene ring substituents is 1. The zero-order valence-corrected chi connectivity index (χ0v) is 10.9. The van der Waals surface area contributed by atoms with Gasteiger partial charge < -0.3 is 5.32 Å². The van der Waals surface area contributed by atoms with Crippen LogP contribution in [0, 0.1) is 15.9 Å². The largest absolute Gasteiger partial charge is 0.312 e. The topological polar surface area (TPSA) is 85.9 Å². The van der Waals surface area contributed by atoms with Crippen LogP contribution in [0.2, 0.25) is 0 Å². The van der Waals surface area contributed by atoms with Crippen molar-refractivity contribution in [2.75, 3.05) is 6.54 Å². The summed E-state index contributed by atoms with van der Waals surface area (Å²) in [5, 5.41) is 17.7. The third kappa shape index (κ3) is 3.58. The predicted molar refractivity (Wildman–Crippen MR) is 69.5 cm³/mol. The lowest BCUT2D eigenvalue weighted by atomic mass is 10.2. The number of nitrogens with zero attached hydrogens (tertiary/aromatic N) is 4. The van der Waals surface area contributed by atoms with Gasteiger partial charge in [0.25, 0.3) is 0 Å². The van der Waals surface area contributed by atoms with Crippen molar-refractivity contribution in [1.82, 2.24) is 20.1 Å². The normalized spacial score (nSPS) is 10.7. The molecule has 0 atom stereocenters. The van der Waals surface area contributed by atoms with Crippen LogP contribution in [0.1, 0.15) is 11.4 Å². The van der Waals surface area contributed by atoms with Crippen LogP contribution in [0.25, 0.3) is 0 Å². The first kappa shape index (κ1) is 14.1. The minimum Gasteiger partial charge on any atom is -0.312 e. The molecule has 0 aliphatic heterocycles. The first-order valence-corrected chi connectivity index (χ1v) is 6.04. The van der Waals surface area contributed by atoms with Crippen molar-refractivity contribution >= 4 is 5.69 Å². The highest BCUT2D eigenvalue weighted by Gasteiger charge is 2.13. The maximum atomic E-state index is 13.4. The Kier molecular flexibility index (Phi) is 4.36. The Bertz CT molecular complexity index is 614. The third-order valence-corrected chi connectivity index (χ3v) is 2.71. The molecule has 106 valence electrons. The summed E-state index contributed by atoms with van der Waals surface area (Å²) in [4.78, 5) is 13.8. The Morgan fingerprint density at radius 2 is 2.30 bits per heavy atom. The van der Waals surface area contributed by atoms with Gasteiger partial charge in [-0.3, -0.25) is 14.8 Å². The smallest absolute Gasteiger partial charge is 0.304 e. The first-order chi connectivity index (χ1) is 9.56. The van der Waals surface area contributed by atoms with Crippen LogP contribution in [0.15, 0.2) is 24.5 Å². The van der Waals surface area contributed by atoms with Gasteiger partial charge >= 0.3 is 5.69 Å². The van der Waals surface area contributed by atoms with Crippen molar-refractivity contribution in [3.8, 4) is 0 Å². The molecule has 1 N–H and O–H groups in total. The highest BCUT2D eigenvalue weighted by atomic mass is 19.1. The second-order valence-electron chi connectivity index (χ2n) is 4.30. The molecule has 0 amide bonds. The number of aromatic nitrogens is 3. The van der Waals surface area contributed by atoms with Crippen molar-refractivity contribution in [3.05, 3.63) is 51.8 Å². The third-order valence-electron chi connectivity index (χ3n) is 2.71. The number of nitro groups is 1. The van der Waals surface area contributed by atoms with Crippen molar-refractivity contribution in [2.24, 2.45) is 7.05 Å². The number of rotatable bonds is 6. The van der Waals surface area contributed by atoms with Crippen molar-refractivity contribution in [2.45, 2.75) is 13.0 Å². The Morgan fingerprint density at radius 3 is 2.90 bits per heavy atom. The maximum Gasteiger partial charge on any atom is 0.304 e. The average molecular weight is 279 g/mol. The molecule has 0 saturated carbocycles. The Balaban J connectivity index is 1.82. The highest BCUT2D eigenvalue weighted by Crippen LogP contribution is 2.17. The summed E-state index contributed by atoms with van der Waals surface area (Å²) in [5.41, 5.74) is 0.147. The molecule has 2 aromatic rings. The Labute approximate surface area is 114 Å². The van der Waals surface area contributed by atoms with Crippen LogP contribution in [0.5, 0.6) is 0 Å². The zero-order valence-electron chi connectivity index (χ0n) is 10.9. The number of hydrogen-bond acceptors (Lipinski definition) is 5. The standard InChI is InChI=1S/C12H14FN5O2/c1-17-8-15-12(16-17)4-5-14-7-9-2-3-11(18(19)20)10(13)6-9/h2-3,6,8,14H,4-5,7H2,1H3. The van der Waals surface area contributed by atoms with E-state index in [0.29, 0.717) is 25.1 Å². The lowest BCUT2D eigenvalue weighted by Crippen LogP contribution is -2.17. The van der Waals surface area contributed by atoms with Gasteiger partial charge in [0.2, 0.25) is 5.82 Å². The molecule has 0 radical (unpaired) electrons. The molecule has 0 aliphatic rings. The van der Waals surface area contributed by atoms with Crippen molar-refractivity contribution < 1.29 is 9.31 Å². The van der Waals surface area contributed by atoms with Gasteiger partial charge in [-0.15, -0.1) is 0 Å². The lowest BCUT2D eigenvalue weighted by Gasteiger charge is -2.04. The second-order valence-corrected chi connectivity index (χ2v) is 4.30. The fourth-order valence-electron chi connectivity index (χ4n) is 1.74. The minimum absolute atomic E-state index is 0.432. The molecule has 8 heteroatoms. The van der Waals surface area contributed by atoms with E-state index in [1.54, 1.807) is 18.1 Å². The SMILES string of the molecule is Cn1cnc(CCNCc2ccc([N+](=O)[O-])c(F)c2)n1. The van der Waals surface area contributed by atoms with E-state index in [4.69, 9.17) is 0 Å². The van der Waals surface area contributed by atoms with E-state index >= 15 is 0 Å². The van der Waals surface area contributed by atoms with Gasteiger partial charge in [0.1, 0.15) is 6.33 Å². The van der Waals surface area contributed by atoms with Crippen LogP contribution in [-0.4, -0.2) is 26.2 Å². The summed E-state index contributed by atoms with van der Waals surface area (Å²) in [6, 6.07) is 3.88. The summed E-state index contributed by atoms with van der Waals surface area (Å²) in [7, 11) is 1.80. The number of nitrogens with one attached hydrogen (secondary N) is 1. The van der Waals surface area contributed by atoms with Gasteiger partial charge in [0.15, 0.2) is 5.82 Å². The molecule has 0 spiro atoms. The first-order valence-electron chi connectivity index (χ1n) is 6.04. The van der Waals surface area contributed by atoms with Gasteiger partial charge in [-0.25, -0.2) is 4.98 Å². The van der Waals surface area contributed by atoms with E-state index in [0.717, 1.165) is 5.82 Å². The molecule has 1 aromatic carbocycles. The van der Waals surface area contributed by atoms with Gasteiger partial charge in [-0.1, -0.05) is 6.07 Å². The zero-order chi connectivity index (χ0) is 14.5. The Hall–Kier alpha value is -2.35. The van der Waals surface area contributed by atoms with Crippen molar-refractivity contribution in [1.29, 1.82) is 0 Å². The molecule has 0 unspecified atom stereocenters. The summed E-state index contributed by atoms with van der Waals surface area (Å²) in [5.74, 6) is -0.0874. The molecule has 0 aliphatic carbocycles. The van der Waals surface area contributed by atoms with E-state index in [2.05, 4.69) is 15.4 Å².